The fourth-order valence-corrected chi connectivity index (χ4v) is 3.07. The first-order chi connectivity index (χ1) is 7.09. The molecule has 1 saturated heterocycles. The molecule has 1 aliphatic rings. The van der Waals surface area contributed by atoms with Gasteiger partial charge in [0.25, 0.3) is 0 Å². The number of quaternary nitrogens is 1. The topological polar surface area (TPSA) is 46.1 Å². The van der Waals surface area contributed by atoms with Crippen LogP contribution in [-0.2, 0) is 0 Å². The van der Waals surface area contributed by atoms with E-state index in [-0.39, 0.29) is 5.25 Å². The van der Waals surface area contributed by atoms with Gasteiger partial charge in [-0.15, -0.1) is 0 Å². The van der Waals surface area contributed by atoms with Crippen molar-refractivity contribution in [1.29, 1.82) is 0 Å². The minimum atomic E-state index is -1.44. The van der Waals surface area contributed by atoms with Crippen LogP contribution < -0.4 is 0 Å². The maximum atomic E-state index is 11.8. The minimum absolute atomic E-state index is 0.167. The molecule has 1 fully saturated rings. The van der Waals surface area contributed by atoms with Crippen LogP contribution in [0.3, 0.4) is 0 Å². The Morgan fingerprint density at radius 1 is 1.20 bits per heavy atom. The molecule has 82 valence electrons. The van der Waals surface area contributed by atoms with Crippen molar-refractivity contribution in [3.05, 3.63) is 46.3 Å². The fraction of sp³-hybridized carbons (Fsp3) is 0.455. The lowest BCUT2D eigenvalue weighted by molar-refractivity contribution is -0.726. The van der Waals surface area contributed by atoms with E-state index in [4.69, 9.17) is 0 Å². The van der Waals surface area contributed by atoms with Crippen molar-refractivity contribution in [3.63, 3.8) is 0 Å². The molecule has 0 amide bonds. The second-order valence-electron chi connectivity index (χ2n) is 3.96. The molecule has 1 aliphatic heterocycles. The Morgan fingerprint density at radius 2 is 1.87 bits per heavy atom. The highest BCUT2D eigenvalue weighted by Gasteiger charge is 2.32. The fourth-order valence-electron chi connectivity index (χ4n) is 1.95. The predicted molar refractivity (Wildman–Crippen MR) is 62.5 cm³/mol. The highest BCUT2D eigenvalue weighted by atomic mass is 32.2. The Balaban J connectivity index is 2.23. The van der Waals surface area contributed by atoms with Gasteiger partial charge >= 0.3 is 0 Å². The van der Waals surface area contributed by atoms with E-state index in [0.29, 0.717) is 6.42 Å². The Morgan fingerprint density at radius 3 is 2.47 bits per heavy atom. The largest absolute Gasteiger partial charge is 0.618 e. The van der Waals surface area contributed by atoms with E-state index in [1.165, 1.54) is 0 Å². The predicted octanol–water partition coefficient (Wildman–Crippen LogP) is 3.37. The van der Waals surface area contributed by atoms with Crippen molar-refractivity contribution in [1.82, 2.24) is 0 Å². The summed E-state index contributed by atoms with van der Waals surface area (Å²) in [6.45, 7) is 1.94. The molecule has 0 spiro atoms. The van der Waals surface area contributed by atoms with E-state index in [9.17, 15) is 10.4 Å². The van der Waals surface area contributed by atoms with Crippen molar-refractivity contribution in [2.75, 3.05) is 0 Å². The molecule has 0 N–H and O–H groups in total. The zero-order valence-corrected chi connectivity index (χ0v) is 9.44. The molecule has 1 unspecified atom stereocenters. The van der Waals surface area contributed by atoms with E-state index in [0.717, 1.165) is 23.9 Å². The average Bonchev–Trinajstić information content (AvgIpc) is 2.17. The van der Waals surface area contributed by atoms with Crippen molar-refractivity contribution in [3.8, 4) is 0 Å². The molecule has 3 nitrogen and oxygen atoms in total. The Bertz CT molecular complexity index is 329. The summed E-state index contributed by atoms with van der Waals surface area (Å²) in [6, 6.07) is 8.92. The third-order valence-corrected chi connectivity index (χ3v) is 3.88. The number of hydrogen-bond acceptors (Lipinski definition) is 3. The number of hydroxylamine groups is 2. The van der Waals surface area contributed by atoms with E-state index in [2.05, 4.69) is 0 Å². The van der Waals surface area contributed by atoms with Crippen molar-refractivity contribution >= 4 is 11.9 Å². The monoisotopic (exact) mass is 224 g/mol. The summed E-state index contributed by atoms with van der Waals surface area (Å²) in [5.74, 6) is 0. The van der Waals surface area contributed by atoms with Gasteiger partial charge < -0.3 is 14.6 Å². The molecular weight excluding hydrogens is 210 g/mol. The molecule has 4 heteroatoms. The molecule has 1 aromatic carbocycles. The number of nitrogens with zero attached hydrogens (tertiary/aromatic N) is 1. The Hall–Kier alpha value is -0.550. The zero-order chi connectivity index (χ0) is 10.9. The lowest BCUT2D eigenvalue weighted by atomic mass is 10.0. The molecule has 1 aromatic rings. The first-order valence-electron chi connectivity index (χ1n) is 5.13. The van der Waals surface area contributed by atoms with E-state index >= 15 is 0 Å². The summed E-state index contributed by atoms with van der Waals surface area (Å²) < 4.78 is -1.44. The van der Waals surface area contributed by atoms with Crippen LogP contribution in [-0.4, -0.2) is 9.46 Å². The van der Waals surface area contributed by atoms with Gasteiger partial charge in [0.05, 0.1) is 17.2 Å². The first-order valence-corrected chi connectivity index (χ1v) is 5.97. The lowest BCUT2D eigenvalue weighted by Gasteiger charge is -2.54. The van der Waals surface area contributed by atoms with Crippen LogP contribution in [0.15, 0.2) is 30.3 Å². The zero-order valence-electron chi connectivity index (χ0n) is 8.63. The Kier molecular flexibility index (Phi) is 3.02. The molecule has 0 radical (unpaired) electrons. The molecular formula is C11H14NO2S-. The van der Waals surface area contributed by atoms with Crippen molar-refractivity contribution in [2.45, 2.75) is 31.1 Å². The molecule has 1 heterocycles. The number of benzene rings is 1. The van der Waals surface area contributed by atoms with Crippen LogP contribution in [0.5, 0.6) is 0 Å². The van der Waals surface area contributed by atoms with Crippen molar-refractivity contribution in [2.24, 2.45) is 0 Å². The summed E-state index contributed by atoms with van der Waals surface area (Å²) in [5, 5.41) is 23.8. The van der Waals surface area contributed by atoms with Gasteiger partial charge in [-0.25, -0.2) is 0 Å². The smallest absolute Gasteiger partial charge is 0.125 e. The van der Waals surface area contributed by atoms with Gasteiger partial charge in [0.2, 0.25) is 0 Å². The molecule has 15 heavy (non-hydrogen) atoms. The Labute approximate surface area is 94.0 Å². The summed E-state index contributed by atoms with van der Waals surface area (Å²) in [6.07, 6.45) is 1.62. The van der Waals surface area contributed by atoms with E-state index < -0.39 is 10.3 Å². The minimum Gasteiger partial charge on any atom is -0.618 e. The van der Waals surface area contributed by atoms with Crippen LogP contribution in [0.25, 0.3) is 0 Å². The summed E-state index contributed by atoms with van der Waals surface area (Å²) in [4.78, 5) is 0. The second-order valence-corrected chi connectivity index (χ2v) is 5.48. The van der Waals surface area contributed by atoms with Gasteiger partial charge in [-0.3, -0.25) is 0 Å². The third kappa shape index (κ3) is 2.34. The number of hydrogen-bond donors (Lipinski definition) is 0. The summed E-state index contributed by atoms with van der Waals surface area (Å²) >= 11 is 0.973. The summed E-state index contributed by atoms with van der Waals surface area (Å²) in [7, 11) is 0. The third-order valence-electron chi connectivity index (χ3n) is 2.74. The average molecular weight is 224 g/mol. The van der Waals surface area contributed by atoms with Crippen molar-refractivity contribution < 1.29 is 4.21 Å². The van der Waals surface area contributed by atoms with Crippen LogP contribution in [0.2, 0.25) is 0 Å². The summed E-state index contributed by atoms with van der Waals surface area (Å²) in [5.41, 5.74) is 0.863. The first kappa shape index (κ1) is 11.0. The van der Waals surface area contributed by atoms with Crippen LogP contribution in [0, 0.1) is 10.4 Å². The lowest BCUT2D eigenvalue weighted by Crippen LogP contribution is -2.38. The van der Waals surface area contributed by atoms with E-state index in [1.54, 1.807) is 0 Å². The quantitative estimate of drug-likeness (QED) is 0.417. The van der Waals surface area contributed by atoms with Gasteiger partial charge in [0.15, 0.2) is 0 Å². The molecule has 0 aromatic heterocycles. The van der Waals surface area contributed by atoms with Gasteiger partial charge in [0.1, 0.15) is 6.04 Å². The standard InChI is InChI=1S/C11H14NO2S/c1-9-7-8-11(12(13,14)15-9)10-5-3-2-4-6-10/h2-6,9,11H,7-8H2,1H3/q-1/t9-,11?/m0/s1. The van der Waals surface area contributed by atoms with Gasteiger partial charge in [0, 0.05) is 12.0 Å². The molecule has 0 aliphatic carbocycles. The molecule has 2 atom stereocenters. The normalized spacial score (nSPS) is 30.1. The van der Waals surface area contributed by atoms with Crippen LogP contribution in [0.4, 0.5) is 0 Å². The SMILES string of the molecule is C[C@H]1CCC(c2ccccc2)[N+]([O-])([O-])S1. The van der Waals surface area contributed by atoms with Gasteiger partial charge in [-0.2, -0.15) is 0 Å². The van der Waals surface area contributed by atoms with Gasteiger partial charge in [-0.1, -0.05) is 30.3 Å². The van der Waals surface area contributed by atoms with Crippen LogP contribution in [0.1, 0.15) is 31.4 Å². The maximum Gasteiger partial charge on any atom is 0.125 e. The highest BCUT2D eigenvalue weighted by molar-refractivity contribution is 7.94. The number of rotatable bonds is 1. The molecule has 0 saturated carbocycles. The van der Waals surface area contributed by atoms with Gasteiger partial charge in [-0.05, 0) is 13.3 Å². The second kappa shape index (κ2) is 4.14. The maximum absolute atomic E-state index is 11.8. The highest BCUT2D eigenvalue weighted by Crippen LogP contribution is 2.45. The molecule has 0 bridgehead atoms. The van der Waals surface area contributed by atoms with Crippen LogP contribution >= 0.6 is 11.9 Å². The van der Waals surface area contributed by atoms with E-state index in [1.807, 2.05) is 37.3 Å². The molecule has 2 rings (SSSR count).